The Kier molecular flexibility index (Phi) is 5.69. The van der Waals surface area contributed by atoms with Gasteiger partial charge < -0.3 is 14.6 Å². The number of amides is 1. The highest BCUT2D eigenvalue weighted by Crippen LogP contribution is 2.36. The van der Waals surface area contributed by atoms with E-state index in [2.05, 4.69) is 28.6 Å². The van der Waals surface area contributed by atoms with Crippen LogP contribution < -0.4 is 0 Å². The molecule has 6 nitrogen and oxygen atoms in total. The van der Waals surface area contributed by atoms with Gasteiger partial charge in [-0.3, -0.25) is 9.78 Å². The molecule has 1 amide bonds. The molecule has 166 valence electrons. The fourth-order valence-corrected chi connectivity index (χ4v) is 5.73. The molecule has 3 unspecified atom stereocenters. The number of aliphatic hydroxyl groups is 1. The molecule has 32 heavy (non-hydrogen) atoms. The predicted molar refractivity (Wildman–Crippen MR) is 128 cm³/mol. The lowest BCUT2D eigenvalue weighted by Gasteiger charge is -2.35. The van der Waals surface area contributed by atoms with Crippen LogP contribution in [-0.2, 0) is 4.79 Å². The first kappa shape index (κ1) is 21.1. The smallest absolute Gasteiger partial charge is 0.223 e. The number of aromatic nitrogens is 3. The fraction of sp³-hybridized carbons (Fsp3) is 0.400. The molecule has 1 aromatic carbocycles. The monoisotopic (exact) mass is 448 g/mol. The first-order valence-electron chi connectivity index (χ1n) is 11.3. The number of nitrogens with zero attached hydrogens (tertiary/aromatic N) is 4. The van der Waals surface area contributed by atoms with Crippen LogP contribution in [0.15, 0.2) is 48.0 Å². The molecule has 1 N–H and O–H groups in total. The van der Waals surface area contributed by atoms with E-state index < -0.39 is 6.10 Å². The summed E-state index contributed by atoms with van der Waals surface area (Å²) in [6.07, 6.45) is 3.50. The largest absolute Gasteiger partial charge is 0.385 e. The third kappa shape index (κ3) is 3.80. The first-order chi connectivity index (χ1) is 15.5. The van der Waals surface area contributed by atoms with Crippen molar-refractivity contribution in [3.8, 4) is 0 Å². The highest BCUT2D eigenvalue weighted by molar-refractivity contribution is 7.18. The Balaban J connectivity index is 1.45. The SMILES string of the molecule is CC(O)c1nc2cnc3ccsc3c2n1C1CCCN(C(=O)CC(C)c2ccccc2)C1. The molecule has 4 aromatic rings. The van der Waals surface area contributed by atoms with Gasteiger partial charge in [0.1, 0.15) is 17.4 Å². The van der Waals surface area contributed by atoms with Gasteiger partial charge in [-0.15, -0.1) is 11.3 Å². The van der Waals surface area contributed by atoms with Crippen LogP contribution in [0.1, 0.15) is 62.6 Å². The average Bonchev–Trinajstić information content (AvgIpc) is 3.44. The summed E-state index contributed by atoms with van der Waals surface area (Å²) < 4.78 is 3.27. The number of thiophene rings is 1. The lowest BCUT2D eigenvalue weighted by Crippen LogP contribution is -2.41. The molecule has 0 spiro atoms. The Morgan fingerprint density at radius 3 is 2.81 bits per heavy atom. The number of imidazole rings is 1. The molecule has 0 aliphatic carbocycles. The Labute approximate surface area is 191 Å². The van der Waals surface area contributed by atoms with Crippen LogP contribution >= 0.6 is 11.3 Å². The summed E-state index contributed by atoms with van der Waals surface area (Å²) in [4.78, 5) is 24.4. The van der Waals surface area contributed by atoms with Crippen molar-refractivity contribution in [2.75, 3.05) is 13.1 Å². The second kappa shape index (κ2) is 8.64. The molecule has 5 rings (SSSR count). The number of pyridine rings is 1. The van der Waals surface area contributed by atoms with Crippen LogP contribution in [0, 0.1) is 0 Å². The number of hydrogen-bond acceptors (Lipinski definition) is 5. The molecule has 3 atom stereocenters. The zero-order valence-electron chi connectivity index (χ0n) is 18.4. The maximum atomic E-state index is 13.2. The van der Waals surface area contributed by atoms with Gasteiger partial charge in [0.15, 0.2) is 0 Å². The van der Waals surface area contributed by atoms with E-state index in [-0.39, 0.29) is 17.9 Å². The van der Waals surface area contributed by atoms with Crippen molar-refractivity contribution in [1.82, 2.24) is 19.4 Å². The molecular formula is C25H28N4O2S. The van der Waals surface area contributed by atoms with E-state index in [4.69, 9.17) is 4.98 Å². The minimum atomic E-state index is -0.693. The molecule has 1 aliphatic rings. The fourth-order valence-electron chi connectivity index (χ4n) is 4.84. The van der Waals surface area contributed by atoms with Gasteiger partial charge in [0.25, 0.3) is 0 Å². The topological polar surface area (TPSA) is 71.2 Å². The molecule has 0 bridgehead atoms. The van der Waals surface area contributed by atoms with Crippen molar-refractivity contribution in [2.45, 2.75) is 51.2 Å². The summed E-state index contributed by atoms with van der Waals surface area (Å²) >= 11 is 1.65. The van der Waals surface area contributed by atoms with Crippen LogP contribution in [-0.4, -0.2) is 43.5 Å². The van der Waals surface area contributed by atoms with Gasteiger partial charge >= 0.3 is 0 Å². The van der Waals surface area contributed by atoms with Crippen LogP contribution in [0.5, 0.6) is 0 Å². The number of hydrogen-bond donors (Lipinski definition) is 1. The van der Waals surface area contributed by atoms with Gasteiger partial charge in [-0.25, -0.2) is 4.98 Å². The van der Waals surface area contributed by atoms with Gasteiger partial charge in [-0.1, -0.05) is 37.3 Å². The number of aliphatic hydroxyl groups excluding tert-OH is 1. The molecule has 7 heteroatoms. The lowest BCUT2D eigenvalue weighted by atomic mass is 9.96. The summed E-state index contributed by atoms with van der Waals surface area (Å²) in [6.45, 7) is 5.29. The summed E-state index contributed by atoms with van der Waals surface area (Å²) in [5.74, 6) is 1.03. The van der Waals surface area contributed by atoms with E-state index in [1.807, 2.05) is 34.5 Å². The van der Waals surface area contributed by atoms with E-state index in [0.29, 0.717) is 18.8 Å². The highest BCUT2D eigenvalue weighted by Gasteiger charge is 2.30. The number of carbonyl (C=O) groups is 1. The first-order valence-corrected chi connectivity index (χ1v) is 12.2. The molecule has 3 aromatic heterocycles. The van der Waals surface area contributed by atoms with E-state index in [1.165, 1.54) is 5.56 Å². The third-order valence-electron chi connectivity index (χ3n) is 6.49. The number of benzene rings is 1. The molecule has 0 radical (unpaired) electrons. The molecular weight excluding hydrogens is 420 g/mol. The van der Waals surface area contributed by atoms with Crippen LogP contribution in [0.3, 0.4) is 0 Å². The minimum absolute atomic E-state index is 0.0852. The van der Waals surface area contributed by atoms with Crippen LogP contribution in [0.4, 0.5) is 0 Å². The number of likely N-dealkylation sites (tertiary alicyclic amines) is 1. The molecule has 1 saturated heterocycles. The third-order valence-corrected chi connectivity index (χ3v) is 7.40. The number of carbonyl (C=O) groups excluding carboxylic acids is 1. The Morgan fingerprint density at radius 2 is 2.03 bits per heavy atom. The summed E-state index contributed by atoms with van der Waals surface area (Å²) in [6, 6.07) is 12.3. The predicted octanol–water partition coefficient (Wildman–Crippen LogP) is 5.06. The molecule has 0 saturated carbocycles. The Morgan fingerprint density at radius 1 is 1.22 bits per heavy atom. The van der Waals surface area contributed by atoms with Gasteiger partial charge in [0.05, 0.1) is 28.0 Å². The second-order valence-electron chi connectivity index (χ2n) is 8.79. The minimum Gasteiger partial charge on any atom is -0.385 e. The zero-order chi connectivity index (χ0) is 22.2. The van der Waals surface area contributed by atoms with Crippen LogP contribution in [0.2, 0.25) is 0 Å². The maximum Gasteiger partial charge on any atom is 0.223 e. The second-order valence-corrected chi connectivity index (χ2v) is 9.71. The van der Waals surface area contributed by atoms with Crippen LogP contribution in [0.25, 0.3) is 21.3 Å². The number of fused-ring (bicyclic) bond motifs is 3. The van der Waals surface area contributed by atoms with Gasteiger partial charge in [-0.2, -0.15) is 0 Å². The van der Waals surface area contributed by atoms with Crippen molar-refractivity contribution < 1.29 is 9.90 Å². The van der Waals surface area contributed by atoms with Gasteiger partial charge in [0.2, 0.25) is 5.91 Å². The van der Waals surface area contributed by atoms with Gasteiger partial charge in [0, 0.05) is 19.5 Å². The lowest BCUT2D eigenvalue weighted by molar-refractivity contribution is -0.133. The van der Waals surface area contributed by atoms with Crippen molar-refractivity contribution in [3.63, 3.8) is 0 Å². The Hall–Kier alpha value is -2.77. The van der Waals surface area contributed by atoms with Crippen molar-refractivity contribution in [2.24, 2.45) is 0 Å². The molecule has 4 heterocycles. The maximum absolute atomic E-state index is 13.2. The van der Waals surface area contributed by atoms with E-state index in [1.54, 1.807) is 24.5 Å². The summed E-state index contributed by atoms with van der Waals surface area (Å²) in [5, 5.41) is 12.5. The Bertz CT molecular complexity index is 1250. The number of piperidine rings is 1. The van der Waals surface area contributed by atoms with E-state index in [0.717, 1.165) is 40.6 Å². The van der Waals surface area contributed by atoms with E-state index >= 15 is 0 Å². The highest BCUT2D eigenvalue weighted by atomic mass is 32.1. The van der Waals surface area contributed by atoms with Crippen molar-refractivity contribution in [1.29, 1.82) is 0 Å². The average molecular weight is 449 g/mol. The standard InChI is InChI=1S/C25H28N4O2S/c1-16(18-7-4-3-5-8-18)13-22(31)28-11-6-9-19(15-28)29-23-21(27-25(29)17(2)30)14-26-20-10-12-32-24(20)23/h3-5,7-8,10,12,14,16-17,19,30H,6,9,11,13,15H2,1-2H3. The van der Waals surface area contributed by atoms with Crippen molar-refractivity contribution >= 4 is 38.5 Å². The zero-order valence-corrected chi connectivity index (χ0v) is 19.3. The van der Waals surface area contributed by atoms with Gasteiger partial charge in [-0.05, 0) is 42.7 Å². The normalized spacial score (nSPS) is 18.8. The summed E-state index contributed by atoms with van der Waals surface area (Å²) in [5.41, 5.74) is 3.97. The summed E-state index contributed by atoms with van der Waals surface area (Å²) in [7, 11) is 0. The van der Waals surface area contributed by atoms with E-state index in [9.17, 15) is 9.90 Å². The van der Waals surface area contributed by atoms with Crippen molar-refractivity contribution in [3.05, 3.63) is 59.4 Å². The quantitative estimate of drug-likeness (QED) is 0.463. The molecule has 1 aliphatic heterocycles. The number of rotatable bonds is 5. The molecule has 1 fully saturated rings.